The lowest BCUT2D eigenvalue weighted by atomic mass is 10.0. The predicted molar refractivity (Wildman–Crippen MR) is 68.4 cm³/mol. The van der Waals surface area contributed by atoms with Crippen LogP contribution in [0.15, 0.2) is 0 Å². The van der Waals surface area contributed by atoms with Crippen molar-refractivity contribution in [1.82, 2.24) is 4.90 Å². The molecule has 0 bridgehead atoms. The highest BCUT2D eigenvalue weighted by Gasteiger charge is 2.39. The van der Waals surface area contributed by atoms with E-state index in [1.54, 1.807) is 0 Å². The molecule has 2 heterocycles. The molecule has 2 aliphatic rings. The Morgan fingerprint density at radius 3 is 2.65 bits per heavy atom. The molecule has 2 saturated heterocycles. The van der Waals surface area contributed by atoms with Crippen LogP contribution in [0.1, 0.15) is 32.1 Å². The van der Waals surface area contributed by atoms with E-state index in [1.807, 2.05) is 0 Å². The summed E-state index contributed by atoms with van der Waals surface area (Å²) >= 11 is 0. The summed E-state index contributed by atoms with van der Waals surface area (Å²) in [6.07, 6.45) is 2.75. The molecule has 7 heteroatoms. The monoisotopic (exact) mass is 287 g/mol. The van der Waals surface area contributed by atoms with Crippen LogP contribution in [-0.2, 0) is 14.3 Å². The van der Waals surface area contributed by atoms with Crippen molar-refractivity contribution in [3.8, 4) is 0 Å². The molecule has 20 heavy (non-hydrogen) atoms. The van der Waals surface area contributed by atoms with Crippen molar-refractivity contribution in [2.45, 2.75) is 44.4 Å². The molecule has 2 fully saturated rings. The molecule has 2 aliphatic heterocycles. The van der Waals surface area contributed by atoms with Crippen LogP contribution < -0.4 is 0 Å². The predicted octanol–water partition coefficient (Wildman–Crippen LogP) is 1.37. The zero-order chi connectivity index (χ0) is 14.5. The van der Waals surface area contributed by atoms with Crippen molar-refractivity contribution in [1.29, 1.82) is 0 Å². The maximum Gasteiger partial charge on any atom is 0.408 e. The molecule has 1 amide bonds. The van der Waals surface area contributed by atoms with Gasteiger partial charge in [-0.05, 0) is 38.0 Å². The number of ether oxygens (including phenoxy) is 2. The Morgan fingerprint density at radius 2 is 2.10 bits per heavy atom. The summed E-state index contributed by atoms with van der Waals surface area (Å²) in [4.78, 5) is 23.0. The van der Waals surface area contributed by atoms with Gasteiger partial charge < -0.3 is 19.7 Å². The SMILES string of the molecule is O=C(O)[C@@H]1C[C@H](CCOC2CCCCO2)CN1C(=O)O. The van der Waals surface area contributed by atoms with E-state index in [9.17, 15) is 9.59 Å². The van der Waals surface area contributed by atoms with Gasteiger partial charge in [0.15, 0.2) is 6.29 Å². The number of hydrogen-bond acceptors (Lipinski definition) is 4. The number of carbonyl (C=O) groups is 2. The number of nitrogens with zero attached hydrogens (tertiary/aromatic N) is 1. The fourth-order valence-electron chi connectivity index (χ4n) is 2.79. The molecule has 0 aliphatic carbocycles. The van der Waals surface area contributed by atoms with Gasteiger partial charge in [0.25, 0.3) is 0 Å². The lowest BCUT2D eigenvalue weighted by molar-refractivity contribution is -0.164. The number of likely N-dealkylation sites (tertiary alicyclic amines) is 1. The van der Waals surface area contributed by atoms with E-state index in [2.05, 4.69) is 0 Å². The van der Waals surface area contributed by atoms with E-state index in [0.717, 1.165) is 30.8 Å². The quantitative estimate of drug-likeness (QED) is 0.793. The normalized spacial score (nSPS) is 30.4. The highest BCUT2D eigenvalue weighted by molar-refractivity contribution is 5.80. The average molecular weight is 287 g/mol. The third-order valence-corrected chi connectivity index (χ3v) is 3.89. The third-order valence-electron chi connectivity index (χ3n) is 3.89. The minimum Gasteiger partial charge on any atom is -0.480 e. The zero-order valence-corrected chi connectivity index (χ0v) is 11.4. The van der Waals surface area contributed by atoms with E-state index in [-0.39, 0.29) is 18.8 Å². The van der Waals surface area contributed by atoms with Crippen molar-refractivity contribution in [3.63, 3.8) is 0 Å². The third kappa shape index (κ3) is 3.83. The number of rotatable bonds is 5. The van der Waals surface area contributed by atoms with Gasteiger partial charge in [-0.25, -0.2) is 9.59 Å². The first-order valence-corrected chi connectivity index (χ1v) is 7.03. The largest absolute Gasteiger partial charge is 0.480 e. The van der Waals surface area contributed by atoms with E-state index in [0.29, 0.717) is 19.4 Å². The second-order valence-corrected chi connectivity index (χ2v) is 5.35. The van der Waals surface area contributed by atoms with Gasteiger partial charge in [-0.15, -0.1) is 0 Å². The molecule has 0 saturated carbocycles. The van der Waals surface area contributed by atoms with E-state index in [1.165, 1.54) is 0 Å². The lowest BCUT2D eigenvalue weighted by Gasteiger charge is -2.23. The maximum absolute atomic E-state index is 11.0. The molecule has 3 atom stereocenters. The summed E-state index contributed by atoms with van der Waals surface area (Å²) in [5, 5.41) is 18.0. The summed E-state index contributed by atoms with van der Waals surface area (Å²) in [5.74, 6) is -1.04. The standard InChI is InChI=1S/C13H21NO6/c15-12(16)10-7-9(8-14(10)13(17)18)4-6-20-11-3-1-2-5-19-11/h9-11H,1-8H2,(H,15,16)(H,17,18)/t9-,10-,11?/m0/s1. The molecule has 0 aromatic heterocycles. The smallest absolute Gasteiger partial charge is 0.408 e. The Morgan fingerprint density at radius 1 is 1.30 bits per heavy atom. The van der Waals surface area contributed by atoms with Crippen LogP contribution in [0.4, 0.5) is 4.79 Å². The lowest BCUT2D eigenvalue weighted by Crippen LogP contribution is -2.39. The summed E-state index contributed by atoms with van der Waals surface area (Å²) in [6.45, 7) is 1.47. The summed E-state index contributed by atoms with van der Waals surface area (Å²) in [6, 6.07) is -0.927. The van der Waals surface area contributed by atoms with Crippen LogP contribution in [0.5, 0.6) is 0 Å². The van der Waals surface area contributed by atoms with E-state index < -0.39 is 18.1 Å². The molecular weight excluding hydrogens is 266 g/mol. The van der Waals surface area contributed by atoms with Gasteiger partial charge in [-0.2, -0.15) is 0 Å². The van der Waals surface area contributed by atoms with Crippen LogP contribution >= 0.6 is 0 Å². The fourth-order valence-corrected chi connectivity index (χ4v) is 2.79. The Bertz CT molecular complexity index is 333. The maximum atomic E-state index is 11.0. The Balaban J connectivity index is 1.73. The summed E-state index contributed by atoms with van der Waals surface area (Å²) in [7, 11) is 0. The van der Waals surface area contributed by atoms with Gasteiger partial charge in [-0.3, -0.25) is 4.90 Å². The molecule has 7 nitrogen and oxygen atoms in total. The van der Waals surface area contributed by atoms with Crippen molar-refractivity contribution in [3.05, 3.63) is 0 Å². The van der Waals surface area contributed by atoms with Crippen LogP contribution in [0, 0.1) is 5.92 Å². The highest BCUT2D eigenvalue weighted by atomic mass is 16.7. The van der Waals surface area contributed by atoms with Crippen molar-refractivity contribution < 1.29 is 29.3 Å². The van der Waals surface area contributed by atoms with Crippen molar-refractivity contribution in [2.24, 2.45) is 5.92 Å². The second kappa shape index (κ2) is 6.90. The molecule has 0 radical (unpaired) electrons. The van der Waals surface area contributed by atoms with Crippen LogP contribution in [0.3, 0.4) is 0 Å². The Labute approximate surface area is 117 Å². The van der Waals surface area contributed by atoms with Gasteiger partial charge >= 0.3 is 12.1 Å². The average Bonchev–Trinajstić information content (AvgIpc) is 2.85. The van der Waals surface area contributed by atoms with E-state index >= 15 is 0 Å². The topological polar surface area (TPSA) is 96.3 Å². The molecule has 2 N–H and O–H groups in total. The van der Waals surface area contributed by atoms with Crippen LogP contribution in [-0.4, -0.2) is 59.3 Å². The number of amides is 1. The Kier molecular flexibility index (Phi) is 5.19. The number of aliphatic carboxylic acids is 1. The molecular formula is C13H21NO6. The molecule has 0 aromatic carbocycles. The highest BCUT2D eigenvalue weighted by Crippen LogP contribution is 2.26. The minimum atomic E-state index is -1.17. The minimum absolute atomic E-state index is 0.0378. The van der Waals surface area contributed by atoms with Gasteiger partial charge in [0, 0.05) is 13.2 Å². The second-order valence-electron chi connectivity index (χ2n) is 5.35. The molecule has 0 aromatic rings. The first-order chi connectivity index (χ1) is 9.58. The van der Waals surface area contributed by atoms with Crippen LogP contribution in [0.25, 0.3) is 0 Å². The Hall–Kier alpha value is -1.34. The number of carboxylic acid groups (broad SMARTS) is 2. The molecule has 1 unspecified atom stereocenters. The van der Waals surface area contributed by atoms with Gasteiger partial charge in [-0.1, -0.05) is 0 Å². The first-order valence-electron chi connectivity index (χ1n) is 7.03. The molecule has 2 rings (SSSR count). The van der Waals surface area contributed by atoms with Crippen molar-refractivity contribution >= 4 is 12.1 Å². The van der Waals surface area contributed by atoms with E-state index in [4.69, 9.17) is 19.7 Å². The first kappa shape index (κ1) is 15.1. The molecule has 0 spiro atoms. The number of carboxylic acids is 1. The van der Waals surface area contributed by atoms with Crippen molar-refractivity contribution in [2.75, 3.05) is 19.8 Å². The summed E-state index contributed by atoms with van der Waals surface area (Å²) in [5.41, 5.74) is 0. The molecule has 114 valence electrons. The summed E-state index contributed by atoms with van der Waals surface area (Å²) < 4.78 is 11.0. The van der Waals surface area contributed by atoms with Gasteiger partial charge in [0.2, 0.25) is 0 Å². The zero-order valence-electron chi connectivity index (χ0n) is 11.4. The number of hydrogen-bond donors (Lipinski definition) is 2. The fraction of sp³-hybridized carbons (Fsp3) is 0.846. The van der Waals surface area contributed by atoms with Gasteiger partial charge in [0.1, 0.15) is 6.04 Å². The van der Waals surface area contributed by atoms with Gasteiger partial charge in [0.05, 0.1) is 6.61 Å². The van der Waals surface area contributed by atoms with Crippen LogP contribution in [0.2, 0.25) is 0 Å².